The molecular formula is C11H22ClNO2. The summed E-state index contributed by atoms with van der Waals surface area (Å²) in [6, 6.07) is 0. The Kier molecular flexibility index (Phi) is 7.79. The van der Waals surface area contributed by atoms with Crippen molar-refractivity contribution < 1.29 is 9.53 Å². The van der Waals surface area contributed by atoms with E-state index in [-0.39, 0.29) is 18.1 Å². The fourth-order valence-electron chi connectivity index (χ4n) is 0.957. The van der Waals surface area contributed by atoms with E-state index in [0.717, 1.165) is 19.3 Å². The van der Waals surface area contributed by atoms with Crippen LogP contribution in [0.4, 0.5) is 0 Å². The quantitative estimate of drug-likeness (QED) is 0.543. The second-order valence-corrected chi connectivity index (χ2v) is 4.88. The number of hydrogen-bond acceptors (Lipinski definition) is 2. The summed E-state index contributed by atoms with van der Waals surface area (Å²) in [5, 5.41) is 2.81. The molecule has 0 bridgehead atoms. The minimum atomic E-state index is -0.254. The molecule has 0 aliphatic rings. The predicted molar refractivity (Wildman–Crippen MR) is 63.3 cm³/mol. The molecule has 0 heterocycles. The van der Waals surface area contributed by atoms with Gasteiger partial charge < -0.3 is 10.1 Å². The van der Waals surface area contributed by atoms with Gasteiger partial charge >= 0.3 is 0 Å². The van der Waals surface area contributed by atoms with Crippen LogP contribution in [0.25, 0.3) is 0 Å². The summed E-state index contributed by atoms with van der Waals surface area (Å²) in [4.78, 5) is 11.3. The maximum absolute atomic E-state index is 11.3. The molecule has 0 aliphatic carbocycles. The Balaban J connectivity index is 3.34. The van der Waals surface area contributed by atoms with Crippen LogP contribution in [0.2, 0.25) is 0 Å². The lowest BCUT2D eigenvalue weighted by Gasteiger charge is -2.18. The Morgan fingerprint density at radius 3 is 2.47 bits per heavy atom. The Labute approximate surface area is 97.5 Å². The Hall–Kier alpha value is -0.280. The molecule has 1 amide bonds. The number of amides is 1. The third kappa shape index (κ3) is 11.6. The van der Waals surface area contributed by atoms with Crippen molar-refractivity contribution >= 4 is 17.5 Å². The van der Waals surface area contributed by atoms with Crippen LogP contribution in [-0.4, -0.2) is 30.5 Å². The molecule has 0 aromatic rings. The van der Waals surface area contributed by atoms with Crippen molar-refractivity contribution in [1.82, 2.24) is 5.32 Å². The van der Waals surface area contributed by atoms with E-state index < -0.39 is 0 Å². The molecular weight excluding hydrogens is 214 g/mol. The first-order valence-electron chi connectivity index (χ1n) is 5.42. The van der Waals surface area contributed by atoms with Crippen molar-refractivity contribution in [2.45, 2.75) is 45.6 Å². The Bertz CT molecular complexity index is 178. The number of halogens is 1. The zero-order chi connectivity index (χ0) is 11.7. The van der Waals surface area contributed by atoms with Crippen molar-refractivity contribution in [1.29, 1.82) is 0 Å². The highest BCUT2D eigenvalue weighted by Crippen LogP contribution is 2.05. The molecule has 15 heavy (non-hydrogen) atoms. The Morgan fingerprint density at radius 1 is 1.27 bits per heavy atom. The molecule has 0 radical (unpaired) electrons. The molecule has 0 aliphatic heterocycles. The van der Waals surface area contributed by atoms with Gasteiger partial charge in [0.1, 0.15) is 6.61 Å². The summed E-state index contributed by atoms with van der Waals surface area (Å²) in [5.41, 5.74) is -0.254. The second kappa shape index (κ2) is 7.94. The first-order valence-corrected chi connectivity index (χ1v) is 5.96. The zero-order valence-electron chi connectivity index (χ0n) is 9.94. The molecule has 3 nitrogen and oxygen atoms in total. The van der Waals surface area contributed by atoms with Gasteiger partial charge in [-0.15, -0.1) is 11.6 Å². The average molecular weight is 236 g/mol. The molecule has 0 saturated heterocycles. The van der Waals surface area contributed by atoms with Gasteiger partial charge in [0.2, 0.25) is 5.91 Å². The van der Waals surface area contributed by atoms with Crippen LogP contribution in [0.3, 0.4) is 0 Å². The molecule has 0 saturated carbocycles. The maximum Gasteiger partial charge on any atom is 0.246 e. The van der Waals surface area contributed by atoms with Crippen molar-refractivity contribution in [3.8, 4) is 0 Å². The van der Waals surface area contributed by atoms with E-state index in [1.54, 1.807) is 0 Å². The van der Waals surface area contributed by atoms with Gasteiger partial charge in [0, 0.05) is 12.4 Å². The van der Waals surface area contributed by atoms with Crippen molar-refractivity contribution in [3.05, 3.63) is 0 Å². The molecule has 0 unspecified atom stereocenters. The maximum atomic E-state index is 11.3. The van der Waals surface area contributed by atoms with Crippen LogP contribution in [0.5, 0.6) is 0 Å². The lowest BCUT2D eigenvalue weighted by atomic mass is 10.2. The third-order valence-corrected chi connectivity index (χ3v) is 2.04. The van der Waals surface area contributed by atoms with Gasteiger partial charge in [-0.25, -0.2) is 0 Å². The number of nitrogens with one attached hydrogen (secondary N) is 1. The monoisotopic (exact) mass is 235 g/mol. The first-order chi connectivity index (χ1) is 6.95. The van der Waals surface area contributed by atoms with E-state index in [1.807, 2.05) is 20.8 Å². The number of hydrogen-bond donors (Lipinski definition) is 1. The fourth-order valence-corrected chi connectivity index (χ4v) is 1.15. The number of carbonyl (C=O) groups excluding carboxylic acids is 1. The lowest BCUT2D eigenvalue weighted by molar-refractivity contribution is -0.130. The fraction of sp³-hybridized carbons (Fsp3) is 0.909. The molecule has 0 atom stereocenters. The Morgan fingerprint density at radius 2 is 1.93 bits per heavy atom. The van der Waals surface area contributed by atoms with Gasteiger partial charge in [-0.2, -0.15) is 0 Å². The largest absolute Gasteiger partial charge is 0.366 e. The highest BCUT2D eigenvalue weighted by molar-refractivity contribution is 6.17. The molecule has 0 spiro atoms. The van der Waals surface area contributed by atoms with Crippen LogP contribution in [0.15, 0.2) is 0 Å². The second-order valence-electron chi connectivity index (χ2n) is 4.50. The summed E-state index contributed by atoms with van der Waals surface area (Å²) in [6.07, 6.45) is 3.05. The van der Waals surface area contributed by atoms with Crippen LogP contribution < -0.4 is 5.32 Å². The molecule has 0 aromatic carbocycles. The van der Waals surface area contributed by atoms with E-state index in [2.05, 4.69) is 5.32 Å². The zero-order valence-corrected chi connectivity index (χ0v) is 10.7. The van der Waals surface area contributed by atoms with Gasteiger partial charge in [-0.3, -0.25) is 4.79 Å². The van der Waals surface area contributed by atoms with Gasteiger partial charge in [0.25, 0.3) is 0 Å². The molecule has 90 valence electrons. The van der Waals surface area contributed by atoms with Crippen LogP contribution in [0.1, 0.15) is 40.0 Å². The van der Waals surface area contributed by atoms with Gasteiger partial charge in [-0.1, -0.05) is 6.42 Å². The summed E-state index contributed by atoms with van der Waals surface area (Å²) in [5.74, 6) is 0.650. The third-order valence-electron chi connectivity index (χ3n) is 1.77. The SMILES string of the molecule is CC(C)(C)OCC(=O)NCCCCCCl. The number of unbranched alkanes of at least 4 members (excludes halogenated alkanes) is 2. The van der Waals surface area contributed by atoms with Gasteiger partial charge in [0.15, 0.2) is 0 Å². The summed E-state index contributed by atoms with van der Waals surface area (Å²) in [6.45, 7) is 6.64. The van der Waals surface area contributed by atoms with Crippen LogP contribution in [-0.2, 0) is 9.53 Å². The molecule has 0 rings (SSSR count). The molecule has 0 fully saturated rings. The van der Waals surface area contributed by atoms with E-state index in [0.29, 0.717) is 12.4 Å². The number of ether oxygens (including phenoxy) is 1. The minimum Gasteiger partial charge on any atom is -0.366 e. The topological polar surface area (TPSA) is 38.3 Å². The summed E-state index contributed by atoms with van der Waals surface area (Å²) < 4.78 is 5.34. The highest BCUT2D eigenvalue weighted by atomic mass is 35.5. The molecule has 4 heteroatoms. The highest BCUT2D eigenvalue weighted by Gasteiger charge is 2.12. The summed E-state index contributed by atoms with van der Waals surface area (Å²) >= 11 is 5.54. The normalized spacial score (nSPS) is 11.5. The van der Waals surface area contributed by atoms with E-state index >= 15 is 0 Å². The van der Waals surface area contributed by atoms with Crippen molar-refractivity contribution in [2.24, 2.45) is 0 Å². The first kappa shape index (κ1) is 14.7. The van der Waals surface area contributed by atoms with Gasteiger partial charge in [0.05, 0.1) is 5.60 Å². The van der Waals surface area contributed by atoms with E-state index in [1.165, 1.54) is 0 Å². The van der Waals surface area contributed by atoms with Gasteiger partial charge in [-0.05, 0) is 33.6 Å². The van der Waals surface area contributed by atoms with E-state index in [9.17, 15) is 4.79 Å². The standard InChI is InChI=1S/C11H22ClNO2/c1-11(2,3)15-9-10(14)13-8-6-4-5-7-12/h4-9H2,1-3H3,(H,13,14). The number of alkyl halides is 1. The lowest BCUT2D eigenvalue weighted by Crippen LogP contribution is -2.32. The van der Waals surface area contributed by atoms with E-state index in [4.69, 9.17) is 16.3 Å². The molecule has 1 N–H and O–H groups in total. The summed E-state index contributed by atoms with van der Waals surface area (Å²) in [7, 11) is 0. The van der Waals surface area contributed by atoms with Crippen molar-refractivity contribution in [2.75, 3.05) is 19.0 Å². The van der Waals surface area contributed by atoms with Crippen molar-refractivity contribution in [3.63, 3.8) is 0 Å². The average Bonchev–Trinajstić information content (AvgIpc) is 2.13. The number of rotatable bonds is 7. The van der Waals surface area contributed by atoms with Crippen LogP contribution >= 0.6 is 11.6 Å². The smallest absolute Gasteiger partial charge is 0.246 e. The minimum absolute atomic E-state index is 0.0456. The predicted octanol–water partition coefficient (Wildman–Crippen LogP) is 2.33. The number of carbonyl (C=O) groups is 1. The molecule has 0 aromatic heterocycles. The van der Waals surface area contributed by atoms with Crippen LogP contribution in [0, 0.1) is 0 Å².